The fraction of sp³-hybridized carbons (Fsp3) is 0.143. The number of furan rings is 1. The maximum Gasteiger partial charge on any atom is 0.276 e. The summed E-state index contributed by atoms with van der Waals surface area (Å²) in [6, 6.07) is 10.0. The van der Waals surface area contributed by atoms with Crippen molar-refractivity contribution in [3.63, 3.8) is 0 Å². The van der Waals surface area contributed by atoms with E-state index in [0.29, 0.717) is 21.6 Å². The van der Waals surface area contributed by atoms with Crippen molar-refractivity contribution < 1.29 is 18.7 Å². The van der Waals surface area contributed by atoms with Crippen molar-refractivity contribution in [1.82, 2.24) is 24.9 Å². The number of aromatic nitrogens is 4. The fourth-order valence-electron chi connectivity index (χ4n) is 2.88. The highest BCUT2D eigenvalue weighted by Gasteiger charge is 2.20. The third kappa shape index (κ3) is 5.36. The first-order valence-corrected chi connectivity index (χ1v) is 10.4. The van der Waals surface area contributed by atoms with Gasteiger partial charge in [-0.2, -0.15) is 10.2 Å². The van der Waals surface area contributed by atoms with Crippen LogP contribution in [0.1, 0.15) is 26.7 Å². The van der Waals surface area contributed by atoms with Crippen LogP contribution in [0.4, 0.5) is 5.69 Å². The summed E-state index contributed by atoms with van der Waals surface area (Å²) in [5, 5.41) is 14.3. The molecule has 0 unspecified atom stereocenters. The number of anilines is 1. The Morgan fingerprint density at radius 2 is 1.97 bits per heavy atom. The van der Waals surface area contributed by atoms with E-state index in [1.54, 1.807) is 43.6 Å². The minimum atomic E-state index is -0.511. The Hall–Kier alpha value is -3.76. The molecule has 3 aromatic heterocycles. The summed E-state index contributed by atoms with van der Waals surface area (Å²) >= 11 is 12.1. The van der Waals surface area contributed by atoms with Crippen LogP contribution < -0.4 is 15.4 Å². The Labute approximate surface area is 198 Å². The average molecular weight is 489 g/mol. The second-order valence-corrected chi connectivity index (χ2v) is 7.63. The van der Waals surface area contributed by atoms with Crippen molar-refractivity contribution in [1.29, 1.82) is 0 Å². The molecular weight excluding hydrogens is 471 g/mol. The lowest BCUT2D eigenvalue weighted by Gasteiger charge is -2.08. The van der Waals surface area contributed by atoms with Crippen molar-refractivity contribution >= 4 is 40.7 Å². The van der Waals surface area contributed by atoms with Gasteiger partial charge in [-0.05, 0) is 30.3 Å². The Balaban J connectivity index is 1.39. The number of hydrogen-bond acceptors (Lipinski definition) is 6. The molecule has 1 aromatic carbocycles. The van der Waals surface area contributed by atoms with Crippen molar-refractivity contribution in [3.8, 4) is 5.75 Å². The van der Waals surface area contributed by atoms with Crippen LogP contribution in [-0.4, -0.2) is 31.4 Å². The quantitative estimate of drug-likeness (QED) is 0.390. The first-order chi connectivity index (χ1) is 15.9. The minimum Gasteiger partial charge on any atom is -0.470 e. The van der Waals surface area contributed by atoms with Crippen molar-refractivity contribution in [2.45, 2.75) is 13.3 Å². The van der Waals surface area contributed by atoms with E-state index >= 15 is 0 Å². The van der Waals surface area contributed by atoms with E-state index in [-0.39, 0.29) is 30.4 Å². The van der Waals surface area contributed by atoms with E-state index in [4.69, 9.17) is 32.4 Å². The number of amides is 2. The molecule has 0 aliphatic carbocycles. The van der Waals surface area contributed by atoms with Crippen molar-refractivity contribution in [2.75, 3.05) is 5.32 Å². The summed E-state index contributed by atoms with van der Waals surface area (Å²) in [6.07, 6.45) is 4.62. The number of halogens is 2. The van der Waals surface area contributed by atoms with E-state index in [0.717, 1.165) is 0 Å². The first kappa shape index (κ1) is 22.4. The summed E-state index contributed by atoms with van der Waals surface area (Å²) in [6.45, 7) is 0.206. The number of hydrogen-bond donors (Lipinski definition) is 2. The molecule has 0 aliphatic rings. The van der Waals surface area contributed by atoms with Crippen molar-refractivity contribution in [2.24, 2.45) is 7.05 Å². The standard InChI is InChI=1S/C21H18Cl2N6O4/c1-28-11-16(19(27-28)21(31)24-10-13-4-3-9-32-13)25-20(30)15-7-8-29(26-15)12-33-17-6-2-5-14(22)18(17)23/h2-9,11H,10,12H2,1H3,(H,24,31)(H,25,30). The molecule has 0 spiro atoms. The molecule has 0 bridgehead atoms. The number of rotatable bonds is 8. The van der Waals surface area contributed by atoms with Crippen molar-refractivity contribution in [3.05, 3.63) is 82.2 Å². The van der Waals surface area contributed by atoms with E-state index in [1.165, 1.54) is 27.9 Å². The highest BCUT2D eigenvalue weighted by molar-refractivity contribution is 6.42. The average Bonchev–Trinajstić information content (AvgIpc) is 3.54. The number of aryl methyl sites for hydroxylation is 1. The van der Waals surface area contributed by atoms with Crippen LogP contribution in [0.15, 0.2) is 59.5 Å². The van der Waals surface area contributed by atoms with Gasteiger partial charge in [-0.15, -0.1) is 0 Å². The molecule has 10 nitrogen and oxygen atoms in total. The largest absolute Gasteiger partial charge is 0.470 e. The molecule has 170 valence electrons. The van der Waals surface area contributed by atoms with Crippen LogP contribution in [-0.2, 0) is 20.3 Å². The van der Waals surface area contributed by atoms with Gasteiger partial charge in [0.2, 0.25) is 0 Å². The molecular formula is C21H18Cl2N6O4. The topological polar surface area (TPSA) is 116 Å². The molecule has 0 fully saturated rings. The number of nitrogens with one attached hydrogen (secondary N) is 2. The van der Waals surface area contributed by atoms with Crippen LogP contribution in [0.5, 0.6) is 5.75 Å². The van der Waals surface area contributed by atoms with Crippen LogP contribution in [0.25, 0.3) is 0 Å². The predicted octanol–water partition coefficient (Wildman–Crippen LogP) is 3.74. The summed E-state index contributed by atoms with van der Waals surface area (Å²) in [5.41, 5.74) is 0.438. The predicted molar refractivity (Wildman–Crippen MR) is 120 cm³/mol. The zero-order valence-electron chi connectivity index (χ0n) is 17.3. The molecule has 4 rings (SSSR count). The number of ether oxygens (including phenoxy) is 1. The second kappa shape index (κ2) is 9.80. The van der Waals surface area contributed by atoms with Gasteiger partial charge in [0.15, 0.2) is 18.1 Å². The van der Waals surface area contributed by atoms with Gasteiger partial charge >= 0.3 is 0 Å². The third-order valence-electron chi connectivity index (χ3n) is 4.44. The maximum atomic E-state index is 12.7. The summed E-state index contributed by atoms with van der Waals surface area (Å²) in [5.74, 6) is 0.0187. The monoisotopic (exact) mass is 488 g/mol. The SMILES string of the molecule is Cn1cc(NC(=O)c2ccn(COc3cccc(Cl)c3Cl)n2)c(C(=O)NCc2ccco2)n1. The van der Waals surface area contributed by atoms with Gasteiger partial charge < -0.3 is 19.8 Å². The number of carbonyl (C=O) groups excluding carboxylic acids is 2. The molecule has 0 aliphatic heterocycles. The van der Waals surface area contributed by atoms with Crippen LogP contribution in [0, 0.1) is 0 Å². The van der Waals surface area contributed by atoms with E-state index in [9.17, 15) is 9.59 Å². The molecule has 2 amide bonds. The zero-order chi connectivity index (χ0) is 23.4. The molecule has 0 saturated heterocycles. The Bertz CT molecular complexity index is 1280. The van der Waals surface area contributed by atoms with Gasteiger partial charge in [0.1, 0.15) is 16.5 Å². The maximum absolute atomic E-state index is 12.7. The highest BCUT2D eigenvalue weighted by Crippen LogP contribution is 2.31. The van der Waals surface area contributed by atoms with Gasteiger partial charge in [0.25, 0.3) is 11.8 Å². The fourth-order valence-corrected chi connectivity index (χ4v) is 3.23. The van der Waals surface area contributed by atoms with Crippen LogP contribution in [0.3, 0.4) is 0 Å². The number of nitrogens with zero attached hydrogens (tertiary/aromatic N) is 4. The minimum absolute atomic E-state index is 0.0146. The van der Waals surface area contributed by atoms with Crippen LogP contribution >= 0.6 is 23.2 Å². The first-order valence-electron chi connectivity index (χ1n) is 9.66. The van der Waals surface area contributed by atoms with E-state index < -0.39 is 11.8 Å². The van der Waals surface area contributed by atoms with E-state index in [1.807, 2.05) is 0 Å². The zero-order valence-corrected chi connectivity index (χ0v) is 18.8. The normalized spacial score (nSPS) is 10.8. The van der Waals surface area contributed by atoms with Gasteiger partial charge in [-0.3, -0.25) is 14.3 Å². The third-order valence-corrected chi connectivity index (χ3v) is 5.24. The molecule has 4 aromatic rings. The number of carbonyl (C=O) groups is 2. The van der Waals surface area contributed by atoms with Gasteiger partial charge in [-0.1, -0.05) is 29.3 Å². The molecule has 0 atom stereocenters. The smallest absolute Gasteiger partial charge is 0.276 e. The molecule has 2 N–H and O–H groups in total. The summed E-state index contributed by atoms with van der Waals surface area (Å²) < 4.78 is 13.7. The lowest BCUT2D eigenvalue weighted by atomic mass is 10.3. The molecule has 3 heterocycles. The summed E-state index contributed by atoms with van der Waals surface area (Å²) in [7, 11) is 1.64. The number of benzene rings is 1. The van der Waals surface area contributed by atoms with Crippen LogP contribution in [0.2, 0.25) is 10.0 Å². The molecule has 0 radical (unpaired) electrons. The van der Waals surface area contributed by atoms with Gasteiger partial charge in [0, 0.05) is 19.4 Å². The summed E-state index contributed by atoms with van der Waals surface area (Å²) in [4.78, 5) is 25.2. The highest BCUT2D eigenvalue weighted by atomic mass is 35.5. The molecule has 33 heavy (non-hydrogen) atoms. The molecule has 0 saturated carbocycles. The van der Waals surface area contributed by atoms with Gasteiger partial charge in [-0.25, -0.2) is 4.68 Å². The Morgan fingerprint density at radius 3 is 2.76 bits per heavy atom. The lowest BCUT2D eigenvalue weighted by molar-refractivity contribution is 0.0943. The Kier molecular flexibility index (Phi) is 6.66. The van der Waals surface area contributed by atoms with E-state index in [2.05, 4.69) is 20.8 Å². The second-order valence-electron chi connectivity index (χ2n) is 6.85. The lowest BCUT2D eigenvalue weighted by Crippen LogP contribution is -2.25. The Morgan fingerprint density at radius 1 is 1.12 bits per heavy atom. The van der Waals surface area contributed by atoms with Gasteiger partial charge in [0.05, 0.1) is 23.5 Å². The molecule has 12 heteroatoms.